The molecule has 14 heavy (non-hydrogen) atoms. The molecular formula is C12H19NS. The number of hydrogen-bond acceptors (Lipinski definition) is 2. The summed E-state index contributed by atoms with van der Waals surface area (Å²) in [4.78, 5) is 0. The highest BCUT2D eigenvalue weighted by atomic mass is 32.1. The van der Waals surface area contributed by atoms with Crippen LogP contribution >= 0.6 is 11.3 Å². The number of thiophene rings is 1. The Bertz CT molecular complexity index is 293. The predicted octanol–water partition coefficient (Wildman–Crippen LogP) is 3.36. The zero-order valence-electron chi connectivity index (χ0n) is 8.99. The monoisotopic (exact) mass is 209 g/mol. The van der Waals surface area contributed by atoms with E-state index in [1.807, 2.05) is 0 Å². The molecule has 0 amide bonds. The molecule has 1 aromatic rings. The highest BCUT2D eigenvalue weighted by Gasteiger charge is 2.35. The third-order valence-corrected chi connectivity index (χ3v) is 4.48. The van der Waals surface area contributed by atoms with Crippen LogP contribution in [0.25, 0.3) is 0 Å². The number of nitrogens with two attached hydrogens (primary N) is 1. The molecule has 0 radical (unpaired) electrons. The van der Waals surface area contributed by atoms with Crippen LogP contribution in [0.3, 0.4) is 0 Å². The maximum absolute atomic E-state index is 6.48. The average Bonchev–Trinajstić information content (AvgIpc) is 2.65. The van der Waals surface area contributed by atoms with Crippen molar-refractivity contribution in [1.29, 1.82) is 0 Å². The molecule has 0 spiro atoms. The molecule has 3 atom stereocenters. The Hall–Kier alpha value is -0.340. The summed E-state index contributed by atoms with van der Waals surface area (Å²) in [5, 5.41) is 4.34. The van der Waals surface area contributed by atoms with Gasteiger partial charge in [-0.25, -0.2) is 0 Å². The lowest BCUT2D eigenvalue weighted by Crippen LogP contribution is -2.42. The summed E-state index contributed by atoms with van der Waals surface area (Å²) in [6.45, 7) is 4.68. The van der Waals surface area contributed by atoms with E-state index in [9.17, 15) is 0 Å². The molecule has 78 valence electrons. The maximum Gasteiger partial charge on any atom is 0.0420 e. The highest BCUT2D eigenvalue weighted by Crippen LogP contribution is 2.41. The zero-order chi connectivity index (χ0) is 10.2. The standard InChI is InChI=1S/C12H19NS/c1-9-3-5-12(13,7-10(9)2)11-4-6-14-8-11/h4,6,8-10H,3,5,7,13H2,1-2H3. The van der Waals surface area contributed by atoms with Crippen molar-refractivity contribution in [3.8, 4) is 0 Å². The average molecular weight is 209 g/mol. The van der Waals surface area contributed by atoms with Crippen molar-refractivity contribution in [1.82, 2.24) is 0 Å². The minimum Gasteiger partial charge on any atom is -0.321 e. The normalized spacial score (nSPS) is 38.5. The van der Waals surface area contributed by atoms with E-state index in [-0.39, 0.29) is 5.54 Å². The molecule has 0 saturated heterocycles. The van der Waals surface area contributed by atoms with Gasteiger partial charge in [0.15, 0.2) is 0 Å². The first-order valence-electron chi connectivity index (χ1n) is 5.43. The van der Waals surface area contributed by atoms with E-state index >= 15 is 0 Å². The Morgan fingerprint density at radius 3 is 2.79 bits per heavy atom. The molecule has 1 fully saturated rings. The van der Waals surface area contributed by atoms with Crippen molar-refractivity contribution in [3.05, 3.63) is 22.4 Å². The van der Waals surface area contributed by atoms with Gasteiger partial charge < -0.3 is 5.73 Å². The minimum atomic E-state index is -0.0358. The molecule has 2 rings (SSSR count). The van der Waals surface area contributed by atoms with Crippen molar-refractivity contribution < 1.29 is 0 Å². The summed E-state index contributed by atoms with van der Waals surface area (Å²) in [7, 11) is 0. The first kappa shape index (κ1) is 10.2. The summed E-state index contributed by atoms with van der Waals surface area (Å²) in [6.07, 6.45) is 3.56. The van der Waals surface area contributed by atoms with E-state index in [4.69, 9.17) is 5.73 Å². The smallest absolute Gasteiger partial charge is 0.0420 e. The SMILES string of the molecule is CC1CCC(N)(c2ccsc2)CC1C. The lowest BCUT2D eigenvalue weighted by atomic mass is 9.69. The van der Waals surface area contributed by atoms with Gasteiger partial charge in [-0.1, -0.05) is 13.8 Å². The van der Waals surface area contributed by atoms with Gasteiger partial charge in [0.05, 0.1) is 0 Å². The molecule has 0 bridgehead atoms. The third-order valence-electron chi connectivity index (χ3n) is 3.80. The second-order valence-corrected chi connectivity index (χ2v) is 5.65. The molecule has 2 heteroatoms. The van der Waals surface area contributed by atoms with Gasteiger partial charge >= 0.3 is 0 Å². The topological polar surface area (TPSA) is 26.0 Å². The lowest BCUT2D eigenvalue weighted by Gasteiger charge is -2.40. The van der Waals surface area contributed by atoms with Gasteiger partial charge in [-0.3, -0.25) is 0 Å². The van der Waals surface area contributed by atoms with Crippen LogP contribution in [0, 0.1) is 11.8 Å². The maximum atomic E-state index is 6.48. The summed E-state index contributed by atoms with van der Waals surface area (Å²) in [5.41, 5.74) is 7.80. The second-order valence-electron chi connectivity index (χ2n) is 4.87. The van der Waals surface area contributed by atoms with Crippen molar-refractivity contribution in [3.63, 3.8) is 0 Å². The molecule has 1 nitrogen and oxygen atoms in total. The molecule has 2 N–H and O–H groups in total. The van der Waals surface area contributed by atoms with Crippen LogP contribution in [-0.2, 0) is 5.54 Å². The summed E-state index contributed by atoms with van der Waals surface area (Å²) in [6, 6.07) is 2.19. The van der Waals surface area contributed by atoms with Crippen LogP contribution in [-0.4, -0.2) is 0 Å². The van der Waals surface area contributed by atoms with Gasteiger partial charge in [0.1, 0.15) is 0 Å². The zero-order valence-corrected chi connectivity index (χ0v) is 9.81. The van der Waals surface area contributed by atoms with E-state index in [1.165, 1.54) is 12.0 Å². The van der Waals surface area contributed by atoms with E-state index in [1.54, 1.807) is 11.3 Å². The number of rotatable bonds is 1. The van der Waals surface area contributed by atoms with E-state index in [0.29, 0.717) is 0 Å². The van der Waals surface area contributed by atoms with Crippen molar-refractivity contribution in [2.24, 2.45) is 17.6 Å². The van der Waals surface area contributed by atoms with Crippen molar-refractivity contribution >= 4 is 11.3 Å². The van der Waals surface area contributed by atoms with Crippen molar-refractivity contribution in [2.75, 3.05) is 0 Å². The molecule has 1 aliphatic rings. The van der Waals surface area contributed by atoms with Crippen LogP contribution in [0.2, 0.25) is 0 Å². The molecule has 0 aliphatic heterocycles. The van der Waals surface area contributed by atoms with Crippen molar-refractivity contribution in [2.45, 2.75) is 38.6 Å². The van der Waals surface area contributed by atoms with Gasteiger partial charge in [0.25, 0.3) is 0 Å². The molecule has 1 aliphatic carbocycles. The Kier molecular flexibility index (Phi) is 2.67. The fourth-order valence-corrected chi connectivity index (χ4v) is 3.22. The van der Waals surface area contributed by atoms with Gasteiger partial charge in [-0.15, -0.1) is 0 Å². The Balaban J connectivity index is 2.18. The molecule has 1 aromatic heterocycles. The first-order chi connectivity index (χ1) is 6.62. The summed E-state index contributed by atoms with van der Waals surface area (Å²) in [5.74, 6) is 1.60. The Morgan fingerprint density at radius 1 is 1.43 bits per heavy atom. The van der Waals surface area contributed by atoms with E-state index < -0.39 is 0 Å². The van der Waals surface area contributed by atoms with Crippen LogP contribution in [0.5, 0.6) is 0 Å². The first-order valence-corrected chi connectivity index (χ1v) is 6.38. The van der Waals surface area contributed by atoms with Crippen LogP contribution < -0.4 is 5.73 Å². The fourth-order valence-electron chi connectivity index (χ4n) is 2.46. The summed E-state index contributed by atoms with van der Waals surface area (Å²) < 4.78 is 0. The number of hydrogen-bond donors (Lipinski definition) is 1. The molecule has 1 heterocycles. The van der Waals surface area contributed by atoms with E-state index in [2.05, 4.69) is 30.7 Å². The van der Waals surface area contributed by atoms with Gasteiger partial charge in [0, 0.05) is 5.54 Å². The van der Waals surface area contributed by atoms with Gasteiger partial charge in [-0.05, 0) is 53.5 Å². The predicted molar refractivity (Wildman–Crippen MR) is 62.4 cm³/mol. The summed E-state index contributed by atoms with van der Waals surface area (Å²) >= 11 is 1.75. The van der Waals surface area contributed by atoms with Gasteiger partial charge in [-0.2, -0.15) is 11.3 Å². The van der Waals surface area contributed by atoms with Crippen LogP contribution in [0.1, 0.15) is 38.7 Å². The third kappa shape index (κ3) is 1.73. The molecule has 1 saturated carbocycles. The molecular weight excluding hydrogens is 190 g/mol. The van der Waals surface area contributed by atoms with Gasteiger partial charge in [0.2, 0.25) is 0 Å². The highest BCUT2D eigenvalue weighted by molar-refractivity contribution is 7.08. The quantitative estimate of drug-likeness (QED) is 0.754. The minimum absolute atomic E-state index is 0.0358. The lowest BCUT2D eigenvalue weighted by molar-refractivity contribution is 0.177. The fraction of sp³-hybridized carbons (Fsp3) is 0.667. The Morgan fingerprint density at radius 2 is 2.21 bits per heavy atom. The van der Waals surface area contributed by atoms with E-state index in [0.717, 1.165) is 24.7 Å². The second kappa shape index (κ2) is 3.67. The van der Waals surface area contributed by atoms with Crippen LogP contribution in [0.15, 0.2) is 16.8 Å². The molecule has 0 aromatic carbocycles. The molecule has 3 unspecified atom stereocenters. The largest absolute Gasteiger partial charge is 0.321 e. The van der Waals surface area contributed by atoms with Crippen LogP contribution in [0.4, 0.5) is 0 Å². The Labute approximate surface area is 90.3 Å².